The van der Waals surface area contributed by atoms with Gasteiger partial charge in [0.2, 0.25) is 5.95 Å². The highest BCUT2D eigenvalue weighted by Crippen LogP contribution is 2.26. The summed E-state index contributed by atoms with van der Waals surface area (Å²) in [7, 11) is 0. The monoisotopic (exact) mass is 521 g/mol. The third-order valence-electron chi connectivity index (χ3n) is 4.97. The van der Waals surface area contributed by atoms with Crippen molar-refractivity contribution in [3.63, 3.8) is 0 Å². The number of hydrogen-bond donors (Lipinski definition) is 2. The zero-order chi connectivity index (χ0) is 27.0. The van der Waals surface area contributed by atoms with Gasteiger partial charge < -0.3 is 20.5 Å². The van der Waals surface area contributed by atoms with Gasteiger partial charge in [-0.15, -0.1) is 0 Å². The molecule has 2 aromatic carbocycles. The van der Waals surface area contributed by atoms with Crippen molar-refractivity contribution in [1.29, 1.82) is 0 Å². The van der Waals surface area contributed by atoms with Gasteiger partial charge in [0.15, 0.2) is 0 Å². The molecular formula is C27H22F3N5O3. The minimum atomic E-state index is -5.00. The Morgan fingerprint density at radius 3 is 2.47 bits per heavy atom. The number of benzene rings is 2. The molecule has 8 nitrogen and oxygen atoms in total. The number of hydrogen-bond acceptors (Lipinski definition) is 8. The Bertz CT molecular complexity index is 1410. The van der Waals surface area contributed by atoms with Crippen molar-refractivity contribution >= 4 is 29.5 Å². The number of carbonyl (C=O) groups is 1. The maximum atomic E-state index is 12.1. The Morgan fingerprint density at radius 1 is 0.974 bits per heavy atom. The van der Waals surface area contributed by atoms with Crippen molar-refractivity contribution in [2.24, 2.45) is 0 Å². The van der Waals surface area contributed by atoms with Crippen LogP contribution >= 0.6 is 0 Å². The molecule has 0 fully saturated rings. The van der Waals surface area contributed by atoms with Crippen LogP contribution in [0.1, 0.15) is 12.1 Å². The molecule has 0 saturated carbocycles. The van der Waals surface area contributed by atoms with Gasteiger partial charge in [-0.25, -0.2) is 9.78 Å². The number of alkyl halides is 3. The number of esters is 1. The number of rotatable bonds is 9. The first-order valence-electron chi connectivity index (χ1n) is 11.4. The number of halogens is 3. The lowest BCUT2D eigenvalue weighted by Gasteiger charge is -2.10. The lowest BCUT2D eigenvalue weighted by Crippen LogP contribution is -2.25. The van der Waals surface area contributed by atoms with Crippen LogP contribution in [0.3, 0.4) is 0 Å². The molecule has 0 aliphatic rings. The van der Waals surface area contributed by atoms with E-state index in [1.807, 2.05) is 48.5 Å². The Balaban J connectivity index is 1.34. The molecule has 2 aromatic heterocycles. The van der Waals surface area contributed by atoms with Crippen molar-refractivity contribution < 1.29 is 27.4 Å². The van der Waals surface area contributed by atoms with Crippen molar-refractivity contribution in [1.82, 2.24) is 15.0 Å². The van der Waals surface area contributed by atoms with E-state index in [0.717, 1.165) is 11.3 Å². The summed E-state index contributed by atoms with van der Waals surface area (Å²) in [6.45, 7) is -0.388. The minimum absolute atomic E-state index is 0.105. The predicted octanol–water partition coefficient (Wildman–Crippen LogP) is 6.17. The van der Waals surface area contributed by atoms with Crippen molar-refractivity contribution in [3.05, 3.63) is 90.8 Å². The quantitative estimate of drug-likeness (QED) is 0.199. The molecule has 4 aromatic rings. The average Bonchev–Trinajstić information content (AvgIpc) is 2.89. The molecule has 38 heavy (non-hydrogen) atoms. The fourth-order valence-corrected chi connectivity index (χ4v) is 3.27. The standard InChI is InChI=1S/C27H22F3N5O3/c28-27(29,30)25(36)37-15-5-4-8-20-16-22(13-14-32-20)38-21-11-9-19(10-12-21)33-24-17-23(34-26(31)35-24)18-6-2-1-3-7-18/h1-4,6-14,16-17H,5,15H2,(H3,31,33,34,35)/b8-4+. The summed E-state index contributed by atoms with van der Waals surface area (Å²) in [6, 6.07) is 22.0. The Hall–Kier alpha value is -4.93. The highest BCUT2D eigenvalue weighted by molar-refractivity contribution is 5.75. The topological polar surface area (TPSA) is 112 Å². The van der Waals surface area contributed by atoms with Gasteiger partial charge in [0.25, 0.3) is 0 Å². The van der Waals surface area contributed by atoms with Crippen LogP contribution in [0, 0.1) is 0 Å². The molecule has 4 rings (SSSR count). The van der Waals surface area contributed by atoms with Gasteiger partial charge in [-0.05, 0) is 42.8 Å². The van der Waals surface area contributed by atoms with Crippen LogP contribution in [-0.2, 0) is 9.53 Å². The van der Waals surface area contributed by atoms with Gasteiger partial charge in [-0.2, -0.15) is 18.2 Å². The second-order valence-electron chi connectivity index (χ2n) is 7.86. The van der Waals surface area contributed by atoms with Crippen LogP contribution < -0.4 is 15.8 Å². The Kier molecular flexibility index (Phi) is 8.17. The molecular weight excluding hydrogens is 499 g/mol. The summed E-state index contributed by atoms with van der Waals surface area (Å²) < 4.78 is 46.4. The van der Waals surface area contributed by atoms with E-state index in [0.29, 0.717) is 28.7 Å². The molecule has 194 valence electrons. The SMILES string of the molecule is Nc1nc(Nc2ccc(Oc3ccnc(/C=C/CCOC(=O)C(F)(F)F)c3)cc2)cc(-c2ccccc2)n1. The van der Waals surface area contributed by atoms with Gasteiger partial charge in [-0.3, -0.25) is 4.98 Å². The maximum absolute atomic E-state index is 12.1. The number of ether oxygens (including phenoxy) is 2. The van der Waals surface area contributed by atoms with Crippen LogP contribution in [0.5, 0.6) is 11.5 Å². The molecule has 0 bridgehead atoms. The van der Waals surface area contributed by atoms with E-state index in [1.54, 1.807) is 42.6 Å². The molecule has 0 aliphatic carbocycles. The first-order chi connectivity index (χ1) is 18.3. The summed E-state index contributed by atoms with van der Waals surface area (Å²) in [6.07, 6.45) is -0.203. The number of anilines is 3. The van der Waals surface area contributed by atoms with Gasteiger partial charge in [0.1, 0.15) is 17.3 Å². The van der Waals surface area contributed by atoms with E-state index in [9.17, 15) is 18.0 Å². The minimum Gasteiger partial charge on any atom is -0.459 e. The van der Waals surface area contributed by atoms with E-state index >= 15 is 0 Å². The van der Waals surface area contributed by atoms with Crippen LogP contribution in [0.2, 0.25) is 0 Å². The molecule has 0 atom stereocenters. The number of pyridine rings is 1. The maximum Gasteiger partial charge on any atom is 0.490 e. The second kappa shape index (κ2) is 11.9. The number of nitrogens with one attached hydrogen (secondary N) is 1. The lowest BCUT2D eigenvalue weighted by molar-refractivity contribution is -0.199. The molecule has 11 heteroatoms. The van der Waals surface area contributed by atoms with E-state index in [-0.39, 0.29) is 19.0 Å². The molecule has 0 aliphatic heterocycles. The summed E-state index contributed by atoms with van der Waals surface area (Å²) in [5.41, 5.74) is 8.80. The molecule has 0 saturated heterocycles. The van der Waals surface area contributed by atoms with Crippen molar-refractivity contribution in [2.45, 2.75) is 12.6 Å². The lowest BCUT2D eigenvalue weighted by atomic mass is 10.1. The van der Waals surface area contributed by atoms with Crippen molar-refractivity contribution in [3.8, 4) is 22.8 Å². The smallest absolute Gasteiger partial charge is 0.459 e. The molecule has 0 amide bonds. The van der Waals surface area contributed by atoms with E-state index in [2.05, 4.69) is 25.0 Å². The summed E-state index contributed by atoms with van der Waals surface area (Å²) in [5, 5.41) is 3.20. The van der Waals surface area contributed by atoms with Gasteiger partial charge in [0.05, 0.1) is 18.0 Å². The van der Waals surface area contributed by atoms with Crippen molar-refractivity contribution in [2.75, 3.05) is 17.7 Å². The summed E-state index contributed by atoms with van der Waals surface area (Å²) in [5.74, 6) is -0.427. The summed E-state index contributed by atoms with van der Waals surface area (Å²) >= 11 is 0. The molecule has 0 unspecified atom stereocenters. The zero-order valence-corrected chi connectivity index (χ0v) is 19.9. The van der Waals surface area contributed by atoms with Gasteiger partial charge in [-0.1, -0.05) is 36.4 Å². The summed E-state index contributed by atoms with van der Waals surface area (Å²) in [4.78, 5) is 23.4. The van der Waals surface area contributed by atoms with E-state index in [4.69, 9.17) is 10.5 Å². The molecule has 0 radical (unpaired) electrons. The number of nitrogens with two attached hydrogens (primary N) is 1. The first-order valence-corrected chi connectivity index (χ1v) is 11.4. The zero-order valence-electron chi connectivity index (χ0n) is 19.9. The Morgan fingerprint density at radius 2 is 1.74 bits per heavy atom. The van der Waals surface area contributed by atoms with Gasteiger partial charge in [0, 0.05) is 29.6 Å². The number of carbonyl (C=O) groups excluding carboxylic acids is 1. The second-order valence-corrected chi connectivity index (χ2v) is 7.86. The molecule has 3 N–H and O–H groups in total. The highest BCUT2D eigenvalue weighted by Gasteiger charge is 2.40. The third-order valence-corrected chi connectivity index (χ3v) is 4.97. The number of nitrogen functional groups attached to an aromatic ring is 1. The fourth-order valence-electron chi connectivity index (χ4n) is 3.27. The van der Waals surface area contributed by atoms with Crippen LogP contribution in [0.15, 0.2) is 85.1 Å². The third kappa shape index (κ3) is 7.53. The largest absolute Gasteiger partial charge is 0.490 e. The Labute approximate surface area is 216 Å². The van der Waals surface area contributed by atoms with Crippen LogP contribution in [0.25, 0.3) is 17.3 Å². The number of aromatic nitrogens is 3. The van der Waals surface area contributed by atoms with E-state index in [1.165, 1.54) is 0 Å². The molecule has 0 spiro atoms. The first kappa shape index (κ1) is 26.1. The normalized spacial score (nSPS) is 11.3. The number of nitrogens with zero attached hydrogens (tertiary/aromatic N) is 3. The highest BCUT2D eigenvalue weighted by atomic mass is 19.4. The van der Waals surface area contributed by atoms with Gasteiger partial charge >= 0.3 is 12.1 Å². The van der Waals surface area contributed by atoms with Crippen LogP contribution in [0.4, 0.5) is 30.6 Å². The fraction of sp³-hybridized carbons (Fsp3) is 0.111. The van der Waals surface area contributed by atoms with E-state index < -0.39 is 12.1 Å². The van der Waals surface area contributed by atoms with Crippen LogP contribution in [-0.4, -0.2) is 33.7 Å². The molecule has 2 heterocycles. The average molecular weight is 521 g/mol. The predicted molar refractivity (Wildman–Crippen MR) is 137 cm³/mol.